The molecule has 2 heterocycles. The van der Waals surface area contributed by atoms with Crippen LogP contribution in [0.2, 0.25) is 0 Å². The van der Waals surface area contributed by atoms with E-state index in [1.54, 1.807) is 28.7 Å². The van der Waals surface area contributed by atoms with Crippen LogP contribution in [0.1, 0.15) is 30.1 Å². The lowest BCUT2D eigenvalue weighted by atomic mass is 10.2. The Morgan fingerprint density at radius 1 is 1.29 bits per heavy atom. The largest absolute Gasteiger partial charge is 0.396 e. The zero-order chi connectivity index (χ0) is 17.1. The van der Waals surface area contributed by atoms with Gasteiger partial charge in [0.25, 0.3) is 5.91 Å². The third-order valence-corrected chi connectivity index (χ3v) is 3.93. The summed E-state index contributed by atoms with van der Waals surface area (Å²) < 4.78 is 1.58. The number of hydrogen-bond donors (Lipinski definition) is 1. The molecule has 0 unspecified atom stereocenters. The molecule has 3 rings (SSSR count). The van der Waals surface area contributed by atoms with E-state index < -0.39 is 0 Å². The number of nitrogens with zero attached hydrogens (tertiary/aromatic N) is 4. The van der Waals surface area contributed by atoms with Gasteiger partial charge in [0, 0.05) is 25.4 Å². The molecule has 1 amide bonds. The van der Waals surface area contributed by atoms with Crippen molar-refractivity contribution in [3.05, 3.63) is 48.2 Å². The molecule has 3 aromatic rings. The highest BCUT2D eigenvalue weighted by atomic mass is 16.2. The Kier molecular flexibility index (Phi) is 4.46. The summed E-state index contributed by atoms with van der Waals surface area (Å²) in [5.74, 6) is 0.528. The van der Waals surface area contributed by atoms with Crippen LogP contribution < -0.4 is 5.73 Å². The van der Waals surface area contributed by atoms with Crippen LogP contribution in [0, 0.1) is 0 Å². The minimum Gasteiger partial charge on any atom is -0.396 e. The van der Waals surface area contributed by atoms with Crippen LogP contribution in [0.5, 0.6) is 0 Å². The summed E-state index contributed by atoms with van der Waals surface area (Å²) in [7, 11) is 1.80. The number of nitrogens with two attached hydrogens (primary N) is 1. The topological polar surface area (TPSA) is 76.5 Å². The van der Waals surface area contributed by atoms with Gasteiger partial charge in [-0.25, -0.2) is 9.50 Å². The number of fused-ring (bicyclic) bond motifs is 1. The molecular weight excluding hydrogens is 302 g/mol. The molecular formula is C18H21N5O. The maximum atomic E-state index is 12.5. The van der Waals surface area contributed by atoms with Crippen molar-refractivity contribution in [1.82, 2.24) is 19.5 Å². The van der Waals surface area contributed by atoms with E-state index in [4.69, 9.17) is 5.73 Å². The van der Waals surface area contributed by atoms with E-state index in [1.807, 2.05) is 30.3 Å². The van der Waals surface area contributed by atoms with E-state index >= 15 is 0 Å². The molecule has 0 aliphatic carbocycles. The van der Waals surface area contributed by atoms with Gasteiger partial charge in [-0.2, -0.15) is 0 Å². The Morgan fingerprint density at radius 3 is 2.75 bits per heavy atom. The lowest BCUT2D eigenvalue weighted by Crippen LogP contribution is -2.28. The zero-order valence-electron chi connectivity index (χ0n) is 13.9. The average molecular weight is 323 g/mol. The van der Waals surface area contributed by atoms with Gasteiger partial charge in [-0.3, -0.25) is 4.79 Å². The molecule has 0 radical (unpaired) electrons. The minimum absolute atomic E-state index is 0.0613. The van der Waals surface area contributed by atoms with Crippen LogP contribution in [0.15, 0.2) is 42.6 Å². The maximum absolute atomic E-state index is 12.5. The summed E-state index contributed by atoms with van der Waals surface area (Å²) in [5, 5.41) is 4.46. The van der Waals surface area contributed by atoms with Gasteiger partial charge in [0.15, 0.2) is 11.5 Å². The smallest absolute Gasteiger partial charge is 0.255 e. The minimum atomic E-state index is -0.0613. The first kappa shape index (κ1) is 16.0. The van der Waals surface area contributed by atoms with E-state index in [0.29, 0.717) is 22.7 Å². The first-order chi connectivity index (χ1) is 11.6. The highest BCUT2D eigenvalue weighted by Crippen LogP contribution is 2.20. The van der Waals surface area contributed by atoms with Gasteiger partial charge in [-0.15, -0.1) is 5.10 Å². The molecule has 0 atom stereocenters. The summed E-state index contributed by atoms with van der Waals surface area (Å²) in [5.41, 5.74) is 8.52. The second kappa shape index (κ2) is 6.70. The van der Waals surface area contributed by atoms with Crippen molar-refractivity contribution < 1.29 is 4.79 Å². The normalized spacial score (nSPS) is 10.9. The number of pyridine rings is 1. The lowest BCUT2D eigenvalue weighted by molar-refractivity contribution is 0.0792. The lowest BCUT2D eigenvalue weighted by Gasteiger charge is -2.16. The molecule has 0 fully saturated rings. The third-order valence-electron chi connectivity index (χ3n) is 3.93. The third kappa shape index (κ3) is 3.08. The number of rotatable bonds is 5. The molecule has 2 N–H and O–H groups in total. The number of carbonyl (C=O) groups excluding carboxylic acids is 1. The van der Waals surface area contributed by atoms with E-state index in [-0.39, 0.29) is 5.91 Å². The van der Waals surface area contributed by atoms with Gasteiger partial charge in [0.2, 0.25) is 0 Å². The number of aromatic nitrogens is 3. The average Bonchev–Trinajstić information content (AvgIpc) is 3.04. The van der Waals surface area contributed by atoms with Crippen molar-refractivity contribution in [2.45, 2.75) is 19.8 Å². The van der Waals surface area contributed by atoms with Gasteiger partial charge >= 0.3 is 0 Å². The first-order valence-electron chi connectivity index (χ1n) is 8.07. The van der Waals surface area contributed by atoms with E-state index in [0.717, 1.165) is 24.9 Å². The number of benzene rings is 1. The van der Waals surface area contributed by atoms with E-state index in [2.05, 4.69) is 17.0 Å². The van der Waals surface area contributed by atoms with Crippen LogP contribution in [0.25, 0.3) is 17.0 Å². The quantitative estimate of drug-likeness (QED) is 0.783. The second-order valence-corrected chi connectivity index (χ2v) is 5.83. The van der Waals surface area contributed by atoms with Crippen LogP contribution in [-0.2, 0) is 0 Å². The summed E-state index contributed by atoms with van der Waals surface area (Å²) in [6.45, 7) is 2.82. The Labute approximate surface area is 140 Å². The summed E-state index contributed by atoms with van der Waals surface area (Å²) in [4.78, 5) is 18.7. The van der Waals surface area contributed by atoms with E-state index in [1.165, 1.54) is 0 Å². The van der Waals surface area contributed by atoms with Crippen molar-refractivity contribution in [3.8, 4) is 11.4 Å². The fraction of sp³-hybridized carbons (Fsp3) is 0.278. The standard InChI is InChI=1S/C18H21N5O/c1-3-4-10-22(2)18(24)14-11-15(19)17-20-16(21-23(17)12-14)13-8-6-5-7-9-13/h5-9,11-12H,3-4,10,19H2,1-2H3. The molecule has 2 aromatic heterocycles. The molecule has 0 saturated heterocycles. The van der Waals surface area contributed by atoms with Crippen LogP contribution in [0.3, 0.4) is 0 Å². The highest BCUT2D eigenvalue weighted by molar-refractivity contribution is 5.95. The summed E-state index contributed by atoms with van der Waals surface area (Å²) in [6.07, 6.45) is 3.71. The monoisotopic (exact) mass is 323 g/mol. The SMILES string of the molecule is CCCCN(C)C(=O)c1cc(N)c2nc(-c3ccccc3)nn2c1. The number of anilines is 1. The fourth-order valence-electron chi connectivity index (χ4n) is 2.55. The second-order valence-electron chi connectivity index (χ2n) is 5.83. The van der Waals surface area contributed by atoms with Crippen molar-refractivity contribution in [2.24, 2.45) is 0 Å². The number of amides is 1. The number of hydrogen-bond acceptors (Lipinski definition) is 4. The molecule has 1 aromatic carbocycles. The van der Waals surface area contributed by atoms with Crippen LogP contribution in [-0.4, -0.2) is 39.0 Å². The summed E-state index contributed by atoms with van der Waals surface area (Å²) >= 11 is 0. The van der Waals surface area contributed by atoms with Crippen LogP contribution in [0.4, 0.5) is 5.69 Å². The predicted molar refractivity (Wildman–Crippen MR) is 94.7 cm³/mol. The van der Waals surface area contributed by atoms with Crippen molar-refractivity contribution in [3.63, 3.8) is 0 Å². The van der Waals surface area contributed by atoms with Gasteiger partial charge in [0.05, 0.1) is 11.3 Å². The number of unbranched alkanes of at least 4 members (excludes halogenated alkanes) is 1. The molecule has 0 bridgehead atoms. The molecule has 124 valence electrons. The van der Waals surface area contributed by atoms with Crippen molar-refractivity contribution >= 4 is 17.2 Å². The summed E-state index contributed by atoms with van der Waals surface area (Å²) in [6, 6.07) is 11.4. The molecule has 0 aliphatic rings. The van der Waals surface area contributed by atoms with E-state index in [9.17, 15) is 4.79 Å². The molecule has 0 saturated carbocycles. The Balaban J connectivity index is 1.96. The predicted octanol–water partition coefficient (Wildman–Crippen LogP) is 2.85. The van der Waals surface area contributed by atoms with Gasteiger partial charge < -0.3 is 10.6 Å². The Morgan fingerprint density at radius 2 is 2.04 bits per heavy atom. The maximum Gasteiger partial charge on any atom is 0.255 e. The Bertz CT molecular complexity index is 856. The zero-order valence-corrected chi connectivity index (χ0v) is 13.9. The number of nitrogen functional groups attached to an aromatic ring is 1. The van der Waals surface area contributed by atoms with Crippen molar-refractivity contribution in [1.29, 1.82) is 0 Å². The molecule has 0 spiro atoms. The molecule has 6 heteroatoms. The van der Waals surface area contributed by atoms with Gasteiger partial charge in [-0.1, -0.05) is 43.7 Å². The number of carbonyl (C=O) groups is 1. The molecule has 6 nitrogen and oxygen atoms in total. The molecule has 24 heavy (non-hydrogen) atoms. The molecule has 0 aliphatic heterocycles. The van der Waals surface area contributed by atoms with Gasteiger partial charge in [0.1, 0.15) is 0 Å². The van der Waals surface area contributed by atoms with Gasteiger partial charge in [-0.05, 0) is 12.5 Å². The fourth-order valence-corrected chi connectivity index (χ4v) is 2.55. The first-order valence-corrected chi connectivity index (χ1v) is 8.07. The van der Waals surface area contributed by atoms with Crippen molar-refractivity contribution in [2.75, 3.05) is 19.3 Å². The van der Waals surface area contributed by atoms with Crippen LogP contribution >= 0.6 is 0 Å². The Hall–Kier alpha value is -2.89. The highest BCUT2D eigenvalue weighted by Gasteiger charge is 2.16.